The lowest BCUT2D eigenvalue weighted by atomic mass is 10.1. The van der Waals surface area contributed by atoms with Crippen molar-refractivity contribution in [2.45, 2.75) is 13.8 Å². The van der Waals surface area contributed by atoms with Gasteiger partial charge in [-0.2, -0.15) is 10.5 Å². The summed E-state index contributed by atoms with van der Waals surface area (Å²) in [5, 5.41) is 18.5. The molecule has 100 valence electrons. The molecular weight excluding hydrogens is 252 g/mol. The van der Waals surface area contributed by atoms with E-state index >= 15 is 0 Å². The van der Waals surface area contributed by atoms with Gasteiger partial charge in [0.15, 0.2) is 0 Å². The highest BCUT2D eigenvalue weighted by molar-refractivity contribution is 5.68. The summed E-state index contributed by atoms with van der Waals surface area (Å²) in [6.07, 6.45) is 0. The summed E-state index contributed by atoms with van der Waals surface area (Å²) in [7, 11) is 1.53. The third-order valence-electron chi connectivity index (χ3n) is 3.42. The van der Waals surface area contributed by atoms with Gasteiger partial charge in [-0.25, -0.2) is 0 Å². The van der Waals surface area contributed by atoms with Crippen LogP contribution in [0, 0.1) is 36.5 Å². The summed E-state index contributed by atoms with van der Waals surface area (Å²) in [4.78, 5) is 0. The number of nitriles is 2. The third-order valence-corrected chi connectivity index (χ3v) is 3.42. The molecule has 2 N–H and O–H groups in total. The topological polar surface area (TPSA) is 87.8 Å². The van der Waals surface area contributed by atoms with Gasteiger partial charge in [-0.15, -0.1) is 0 Å². The average molecular weight is 266 g/mol. The first-order valence-electron chi connectivity index (χ1n) is 6.01. The fourth-order valence-electron chi connectivity index (χ4n) is 2.27. The van der Waals surface area contributed by atoms with Crippen molar-refractivity contribution in [1.29, 1.82) is 10.5 Å². The molecule has 0 unspecified atom stereocenters. The van der Waals surface area contributed by atoms with E-state index in [4.69, 9.17) is 10.5 Å². The minimum absolute atomic E-state index is 0.323. The molecule has 0 amide bonds. The molecule has 0 spiro atoms. The maximum Gasteiger partial charge on any atom is 0.144 e. The van der Waals surface area contributed by atoms with E-state index < -0.39 is 0 Å². The molecule has 0 atom stereocenters. The summed E-state index contributed by atoms with van der Waals surface area (Å²) < 4.78 is 7.02. The Bertz CT molecular complexity index is 760. The second-order valence-corrected chi connectivity index (χ2v) is 4.39. The van der Waals surface area contributed by atoms with E-state index in [0.29, 0.717) is 28.4 Å². The Labute approximate surface area is 117 Å². The summed E-state index contributed by atoms with van der Waals surface area (Å²) in [6.45, 7) is 3.70. The zero-order valence-electron chi connectivity index (χ0n) is 11.6. The van der Waals surface area contributed by atoms with E-state index in [2.05, 4.69) is 12.1 Å². The Morgan fingerprint density at radius 2 is 1.90 bits per heavy atom. The Morgan fingerprint density at radius 3 is 2.40 bits per heavy atom. The smallest absolute Gasteiger partial charge is 0.144 e. The van der Waals surface area contributed by atoms with Crippen molar-refractivity contribution < 1.29 is 4.74 Å². The third kappa shape index (κ3) is 1.77. The van der Waals surface area contributed by atoms with Crippen LogP contribution in [0.25, 0.3) is 5.69 Å². The number of rotatable bonds is 2. The SMILES string of the molecule is COc1cccc(C#N)c1-n1c(C)c(C)c(C#N)c1N. The van der Waals surface area contributed by atoms with Crippen molar-refractivity contribution in [3.8, 4) is 23.6 Å². The van der Waals surface area contributed by atoms with Crippen LogP contribution in [0.3, 0.4) is 0 Å². The van der Waals surface area contributed by atoms with Crippen LogP contribution in [0.2, 0.25) is 0 Å². The number of nitrogens with zero attached hydrogens (tertiary/aromatic N) is 3. The van der Waals surface area contributed by atoms with Gasteiger partial charge in [0.1, 0.15) is 29.4 Å². The number of hydrogen-bond acceptors (Lipinski definition) is 4. The molecule has 1 heterocycles. The lowest BCUT2D eigenvalue weighted by Gasteiger charge is -2.15. The standard InChI is InChI=1S/C15H14N4O/c1-9-10(2)19(15(18)12(9)8-17)14-11(7-16)5-4-6-13(14)20-3/h4-6H,18H2,1-3H3. The van der Waals surface area contributed by atoms with Gasteiger partial charge in [0.25, 0.3) is 0 Å². The monoisotopic (exact) mass is 266 g/mol. The molecule has 0 aliphatic carbocycles. The van der Waals surface area contributed by atoms with Crippen molar-refractivity contribution in [1.82, 2.24) is 4.57 Å². The first kappa shape index (κ1) is 13.5. The number of aromatic nitrogens is 1. The van der Waals surface area contributed by atoms with E-state index in [1.165, 1.54) is 7.11 Å². The number of hydrogen-bond donors (Lipinski definition) is 1. The van der Waals surface area contributed by atoms with Crippen LogP contribution < -0.4 is 10.5 Å². The van der Waals surface area contributed by atoms with E-state index in [9.17, 15) is 10.5 Å². The highest BCUT2D eigenvalue weighted by Gasteiger charge is 2.21. The molecule has 2 rings (SSSR count). The first-order chi connectivity index (χ1) is 9.56. The quantitative estimate of drug-likeness (QED) is 0.904. The fourth-order valence-corrected chi connectivity index (χ4v) is 2.27. The molecule has 0 aliphatic rings. The van der Waals surface area contributed by atoms with Crippen LogP contribution in [0.4, 0.5) is 5.82 Å². The first-order valence-corrected chi connectivity index (χ1v) is 6.01. The molecule has 20 heavy (non-hydrogen) atoms. The second-order valence-electron chi connectivity index (χ2n) is 4.39. The molecule has 1 aromatic carbocycles. The van der Waals surface area contributed by atoms with Crippen molar-refractivity contribution in [3.05, 3.63) is 40.6 Å². The van der Waals surface area contributed by atoms with Crippen molar-refractivity contribution in [2.24, 2.45) is 0 Å². The number of methoxy groups -OCH3 is 1. The van der Waals surface area contributed by atoms with Gasteiger partial charge < -0.3 is 10.5 Å². The molecule has 2 aromatic rings. The predicted molar refractivity (Wildman–Crippen MR) is 75.6 cm³/mol. The van der Waals surface area contributed by atoms with Crippen LogP contribution in [0.15, 0.2) is 18.2 Å². The van der Waals surface area contributed by atoms with E-state index in [0.717, 1.165) is 11.3 Å². The zero-order valence-corrected chi connectivity index (χ0v) is 11.6. The molecule has 0 radical (unpaired) electrons. The molecule has 0 bridgehead atoms. The summed E-state index contributed by atoms with van der Waals surface area (Å²) in [5.41, 5.74) is 9.13. The van der Waals surface area contributed by atoms with Crippen LogP contribution in [-0.4, -0.2) is 11.7 Å². The Morgan fingerprint density at radius 1 is 1.20 bits per heavy atom. The van der Waals surface area contributed by atoms with Crippen LogP contribution in [0.1, 0.15) is 22.4 Å². The largest absolute Gasteiger partial charge is 0.495 e. The van der Waals surface area contributed by atoms with E-state index in [1.54, 1.807) is 22.8 Å². The maximum absolute atomic E-state index is 9.29. The molecule has 0 aliphatic heterocycles. The minimum Gasteiger partial charge on any atom is -0.495 e. The summed E-state index contributed by atoms with van der Waals surface area (Å²) in [5.74, 6) is 0.863. The lowest BCUT2D eigenvalue weighted by molar-refractivity contribution is 0.412. The van der Waals surface area contributed by atoms with Crippen LogP contribution in [0.5, 0.6) is 5.75 Å². The maximum atomic E-state index is 9.29. The van der Waals surface area contributed by atoms with E-state index in [1.807, 2.05) is 13.8 Å². The van der Waals surface area contributed by atoms with Gasteiger partial charge in [0, 0.05) is 5.69 Å². The van der Waals surface area contributed by atoms with Crippen molar-refractivity contribution >= 4 is 5.82 Å². The second kappa shape index (κ2) is 4.99. The van der Waals surface area contributed by atoms with E-state index in [-0.39, 0.29) is 0 Å². The van der Waals surface area contributed by atoms with Gasteiger partial charge in [0.2, 0.25) is 0 Å². The zero-order chi connectivity index (χ0) is 14.9. The summed E-state index contributed by atoms with van der Waals surface area (Å²) in [6, 6.07) is 9.43. The molecule has 0 fully saturated rings. The molecule has 5 nitrogen and oxygen atoms in total. The molecule has 1 aromatic heterocycles. The van der Waals surface area contributed by atoms with Gasteiger partial charge in [-0.05, 0) is 31.5 Å². The fraction of sp³-hybridized carbons (Fsp3) is 0.200. The molecule has 5 heteroatoms. The highest BCUT2D eigenvalue weighted by atomic mass is 16.5. The van der Waals surface area contributed by atoms with Gasteiger partial charge in [-0.1, -0.05) is 6.07 Å². The van der Waals surface area contributed by atoms with Crippen LogP contribution in [-0.2, 0) is 0 Å². The van der Waals surface area contributed by atoms with Gasteiger partial charge in [0.05, 0.1) is 18.2 Å². The normalized spacial score (nSPS) is 9.85. The molecule has 0 saturated heterocycles. The van der Waals surface area contributed by atoms with Crippen LogP contribution >= 0.6 is 0 Å². The summed E-state index contributed by atoms with van der Waals surface area (Å²) >= 11 is 0. The molecule has 0 saturated carbocycles. The average Bonchev–Trinajstić information content (AvgIpc) is 2.68. The predicted octanol–water partition coefficient (Wildman–Crippen LogP) is 2.43. The Balaban J connectivity index is 2.90. The Hall–Kier alpha value is -2.92. The number of nitrogens with two attached hydrogens (primary N) is 1. The minimum atomic E-state index is 0.323. The lowest BCUT2D eigenvalue weighted by Crippen LogP contribution is -2.06. The van der Waals surface area contributed by atoms with Crippen molar-refractivity contribution in [2.75, 3.05) is 12.8 Å². The highest BCUT2D eigenvalue weighted by Crippen LogP contribution is 2.34. The van der Waals surface area contributed by atoms with Gasteiger partial charge in [-0.3, -0.25) is 4.57 Å². The van der Waals surface area contributed by atoms with Gasteiger partial charge >= 0.3 is 0 Å². The number of benzene rings is 1. The van der Waals surface area contributed by atoms with Crippen molar-refractivity contribution in [3.63, 3.8) is 0 Å². The number of nitrogen functional groups attached to an aromatic ring is 1. The molecular formula is C15H14N4O. The number of anilines is 1. The number of para-hydroxylation sites is 1. The number of ether oxygens (including phenoxy) is 1. The Kier molecular flexibility index (Phi) is 3.37.